The maximum atomic E-state index is 12.0. The lowest BCUT2D eigenvalue weighted by atomic mass is 10.2. The minimum absolute atomic E-state index is 0.0883. The molecule has 0 aliphatic carbocycles. The predicted molar refractivity (Wildman–Crippen MR) is 111 cm³/mol. The number of carbonyl (C=O) groups excluding carboxylic acids is 1. The normalized spacial score (nSPS) is 10.9. The van der Waals surface area contributed by atoms with Crippen molar-refractivity contribution in [2.24, 2.45) is 4.99 Å². The Morgan fingerprint density at radius 1 is 0.929 bits per heavy atom. The van der Waals surface area contributed by atoms with Gasteiger partial charge in [0.15, 0.2) is 17.5 Å². The molecule has 3 N–H and O–H groups in total. The molecule has 0 fully saturated rings. The van der Waals surface area contributed by atoms with E-state index in [2.05, 4.69) is 20.9 Å². The summed E-state index contributed by atoms with van der Waals surface area (Å²) in [5, 5.41) is 9.29. The molecular weight excluding hydrogens is 356 g/mol. The van der Waals surface area contributed by atoms with Crippen LogP contribution in [0.5, 0.6) is 11.5 Å². The number of methoxy groups -OCH3 is 2. The number of rotatable bonds is 9. The summed E-state index contributed by atoms with van der Waals surface area (Å²) in [5.74, 6) is 1.96. The van der Waals surface area contributed by atoms with Gasteiger partial charge in [-0.2, -0.15) is 0 Å². The summed E-state index contributed by atoms with van der Waals surface area (Å²) >= 11 is 0. The van der Waals surface area contributed by atoms with Crippen molar-refractivity contribution in [3.63, 3.8) is 0 Å². The van der Waals surface area contributed by atoms with E-state index in [1.807, 2.05) is 43.3 Å². The molecule has 7 nitrogen and oxygen atoms in total. The molecule has 0 saturated carbocycles. The number of guanidine groups is 1. The molecule has 2 aromatic rings. The molecule has 0 radical (unpaired) electrons. The van der Waals surface area contributed by atoms with E-state index < -0.39 is 0 Å². The Hall–Kier alpha value is -3.22. The van der Waals surface area contributed by atoms with Gasteiger partial charge < -0.3 is 25.4 Å². The summed E-state index contributed by atoms with van der Waals surface area (Å²) in [4.78, 5) is 16.6. The molecule has 150 valence electrons. The second kappa shape index (κ2) is 11.5. The largest absolute Gasteiger partial charge is 0.493 e. The molecule has 2 aromatic carbocycles. The monoisotopic (exact) mass is 384 g/mol. The lowest BCUT2D eigenvalue weighted by Crippen LogP contribution is -2.41. The van der Waals surface area contributed by atoms with Crippen molar-refractivity contribution in [3.05, 3.63) is 59.7 Å². The highest BCUT2D eigenvalue weighted by Crippen LogP contribution is 2.27. The van der Waals surface area contributed by atoms with Gasteiger partial charge >= 0.3 is 0 Å². The first-order valence-corrected chi connectivity index (χ1v) is 9.24. The highest BCUT2D eigenvalue weighted by molar-refractivity contribution is 5.94. The fourth-order valence-corrected chi connectivity index (χ4v) is 2.54. The zero-order chi connectivity index (χ0) is 20.2. The van der Waals surface area contributed by atoms with Crippen LogP contribution < -0.4 is 25.4 Å². The average molecular weight is 384 g/mol. The Labute approximate surface area is 166 Å². The van der Waals surface area contributed by atoms with Gasteiger partial charge in [0.05, 0.1) is 20.8 Å². The van der Waals surface area contributed by atoms with Crippen LogP contribution in [0.4, 0.5) is 0 Å². The predicted octanol–water partition coefficient (Wildman–Crippen LogP) is 2.19. The van der Waals surface area contributed by atoms with Crippen LogP contribution in [0.15, 0.2) is 53.5 Å². The van der Waals surface area contributed by atoms with Crippen molar-refractivity contribution in [1.82, 2.24) is 16.0 Å². The van der Waals surface area contributed by atoms with Crippen molar-refractivity contribution < 1.29 is 14.3 Å². The molecule has 0 unspecified atom stereocenters. The summed E-state index contributed by atoms with van der Waals surface area (Å²) in [5.41, 5.74) is 1.66. The summed E-state index contributed by atoms with van der Waals surface area (Å²) in [6.45, 7) is 4.30. The first-order chi connectivity index (χ1) is 13.7. The van der Waals surface area contributed by atoms with E-state index in [0.717, 1.165) is 12.1 Å². The molecule has 0 atom stereocenters. The Morgan fingerprint density at radius 2 is 1.64 bits per heavy atom. The third kappa shape index (κ3) is 6.50. The van der Waals surface area contributed by atoms with E-state index in [1.54, 1.807) is 26.4 Å². The molecule has 2 rings (SSSR count). The number of aliphatic imine (C=N–C) groups is 1. The van der Waals surface area contributed by atoms with Crippen molar-refractivity contribution in [2.45, 2.75) is 13.5 Å². The molecule has 0 aliphatic heterocycles. The van der Waals surface area contributed by atoms with Gasteiger partial charge in [0, 0.05) is 25.2 Å². The van der Waals surface area contributed by atoms with Crippen LogP contribution >= 0.6 is 0 Å². The maximum Gasteiger partial charge on any atom is 0.251 e. The minimum Gasteiger partial charge on any atom is -0.493 e. The van der Waals surface area contributed by atoms with Gasteiger partial charge in [-0.05, 0) is 36.8 Å². The second-order valence-electron chi connectivity index (χ2n) is 5.93. The van der Waals surface area contributed by atoms with Crippen molar-refractivity contribution in [2.75, 3.05) is 33.9 Å². The molecule has 0 bridgehead atoms. The molecular formula is C21H28N4O3. The Balaban J connectivity index is 1.86. The van der Waals surface area contributed by atoms with E-state index in [1.165, 1.54) is 0 Å². The van der Waals surface area contributed by atoms with E-state index >= 15 is 0 Å². The number of hydrogen-bond acceptors (Lipinski definition) is 4. The first kappa shape index (κ1) is 21.1. The van der Waals surface area contributed by atoms with E-state index in [4.69, 9.17) is 9.47 Å². The lowest BCUT2D eigenvalue weighted by Gasteiger charge is -2.12. The molecule has 0 spiro atoms. The van der Waals surface area contributed by atoms with Gasteiger partial charge in [0.25, 0.3) is 5.91 Å². The molecule has 0 saturated heterocycles. The zero-order valence-electron chi connectivity index (χ0n) is 16.6. The number of ether oxygens (including phenoxy) is 2. The smallest absolute Gasteiger partial charge is 0.251 e. The van der Waals surface area contributed by atoms with Crippen LogP contribution in [-0.4, -0.2) is 45.7 Å². The Kier molecular flexibility index (Phi) is 8.65. The first-order valence-electron chi connectivity index (χ1n) is 9.24. The van der Waals surface area contributed by atoms with Gasteiger partial charge in [-0.25, -0.2) is 4.99 Å². The summed E-state index contributed by atoms with van der Waals surface area (Å²) in [6.07, 6.45) is 0. The number of nitrogens with zero attached hydrogens (tertiary/aromatic N) is 1. The van der Waals surface area contributed by atoms with E-state index in [-0.39, 0.29) is 5.91 Å². The SMILES string of the molecule is CCNC(=NCc1ccc(OC)c(OC)c1)NCCNC(=O)c1ccccc1. The van der Waals surface area contributed by atoms with Crippen molar-refractivity contribution in [3.8, 4) is 11.5 Å². The second-order valence-corrected chi connectivity index (χ2v) is 5.93. The summed E-state index contributed by atoms with van der Waals surface area (Å²) in [6, 6.07) is 14.9. The van der Waals surface area contributed by atoms with Crippen LogP contribution in [0.3, 0.4) is 0 Å². The maximum absolute atomic E-state index is 12.0. The third-order valence-electron chi connectivity index (χ3n) is 3.95. The number of carbonyl (C=O) groups is 1. The zero-order valence-corrected chi connectivity index (χ0v) is 16.6. The average Bonchev–Trinajstić information content (AvgIpc) is 2.75. The van der Waals surface area contributed by atoms with E-state index in [9.17, 15) is 4.79 Å². The molecule has 28 heavy (non-hydrogen) atoms. The molecule has 0 aromatic heterocycles. The Morgan fingerprint density at radius 3 is 2.32 bits per heavy atom. The topological polar surface area (TPSA) is 84.0 Å². The van der Waals surface area contributed by atoms with E-state index in [0.29, 0.717) is 42.7 Å². The fourth-order valence-electron chi connectivity index (χ4n) is 2.54. The number of hydrogen-bond donors (Lipinski definition) is 3. The highest BCUT2D eigenvalue weighted by atomic mass is 16.5. The Bertz CT molecular complexity index is 778. The van der Waals surface area contributed by atoms with Gasteiger partial charge in [0.2, 0.25) is 0 Å². The van der Waals surface area contributed by atoms with Gasteiger partial charge in [0.1, 0.15) is 0 Å². The van der Waals surface area contributed by atoms with Gasteiger partial charge in [-0.3, -0.25) is 4.79 Å². The fraction of sp³-hybridized carbons (Fsp3) is 0.333. The number of amides is 1. The van der Waals surface area contributed by atoms with Crippen LogP contribution in [-0.2, 0) is 6.54 Å². The highest BCUT2D eigenvalue weighted by Gasteiger charge is 2.06. The van der Waals surface area contributed by atoms with Crippen LogP contribution in [0.2, 0.25) is 0 Å². The molecule has 0 heterocycles. The van der Waals surface area contributed by atoms with Crippen molar-refractivity contribution >= 4 is 11.9 Å². The van der Waals surface area contributed by atoms with Gasteiger partial charge in [-0.1, -0.05) is 24.3 Å². The standard InChI is InChI=1S/C21H28N4O3/c1-4-22-21(24-13-12-23-20(26)17-8-6-5-7-9-17)25-15-16-10-11-18(27-2)19(14-16)28-3/h5-11,14H,4,12-13,15H2,1-3H3,(H,23,26)(H2,22,24,25). The molecule has 7 heteroatoms. The summed E-state index contributed by atoms with van der Waals surface area (Å²) < 4.78 is 10.6. The van der Waals surface area contributed by atoms with Gasteiger partial charge in [-0.15, -0.1) is 0 Å². The quantitative estimate of drug-likeness (QED) is 0.351. The number of benzene rings is 2. The van der Waals surface area contributed by atoms with Crippen molar-refractivity contribution in [1.29, 1.82) is 0 Å². The third-order valence-corrected chi connectivity index (χ3v) is 3.95. The summed E-state index contributed by atoms with van der Waals surface area (Å²) in [7, 11) is 3.22. The molecule has 0 aliphatic rings. The lowest BCUT2D eigenvalue weighted by molar-refractivity contribution is 0.0954. The number of nitrogens with one attached hydrogen (secondary N) is 3. The van der Waals surface area contributed by atoms with Crippen LogP contribution in [0, 0.1) is 0 Å². The molecule has 1 amide bonds. The van der Waals surface area contributed by atoms with Crippen LogP contribution in [0.1, 0.15) is 22.8 Å². The van der Waals surface area contributed by atoms with Crippen LogP contribution in [0.25, 0.3) is 0 Å². The minimum atomic E-state index is -0.0883.